The molecule has 0 bridgehead atoms. The van der Waals surface area contributed by atoms with E-state index >= 15 is 0 Å². The third-order valence-electron chi connectivity index (χ3n) is 4.02. The van der Waals surface area contributed by atoms with E-state index in [1.54, 1.807) is 20.8 Å². The fourth-order valence-corrected chi connectivity index (χ4v) is 2.83. The van der Waals surface area contributed by atoms with Crippen LogP contribution >= 0.6 is 0 Å². The van der Waals surface area contributed by atoms with E-state index in [1.165, 1.54) is 5.56 Å². The van der Waals surface area contributed by atoms with Crippen molar-refractivity contribution in [1.29, 1.82) is 0 Å². The van der Waals surface area contributed by atoms with Gasteiger partial charge in [-0.15, -0.1) is 0 Å². The maximum absolute atomic E-state index is 12.6. The number of carbonyl (C=O) groups excluding carboxylic acids is 2. The van der Waals surface area contributed by atoms with Gasteiger partial charge >= 0.3 is 5.97 Å². The highest BCUT2D eigenvalue weighted by atomic mass is 16.5. The smallest absolute Gasteiger partial charge is 0.340 e. The molecule has 0 fully saturated rings. The fourth-order valence-electron chi connectivity index (χ4n) is 2.83. The highest BCUT2D eigenvalue weighted by Crippen LogP contribution is 2.19. The Kier molecular flexibility index (Phi) is 5.90. The van der Waals surface area contributed by atoms with Crippen LogP contribution < -0.4 is 4.57 Å². The second kappa shape index (κ2) is 7.90. The third-order valence-corrected chi connectivity index (χ3v) is 4.02. The predicted octanol–water partition coefficient (Wildman–Crippen LogP) is 2.93. The summed E-state index contributed by atoms with van der Waals surface area (Å²) < 4.78 is 6.91. The normalized spacial score (nSPS) is 10.7. The zero-order valence-electron chi connectivity index (χ0n) is 14.8. The van der Waals surface area contributed by atoms with E-state index in [-0.39, 0.29) is 18.3 Å². The highest BCUT2D eigenvalue weighted by Gasteiger charge is 2.24. The molecule has 0 saturated carbocycles. The largest absolute Gasteiger partial charge is 0.462 e. The van der Waals surface area contributed by atoms with Crippen LogP contribution in [-0.2, 0) is 17.7 Å². The molecule has 0 saturated heterocycles. The van der Waals surface area contributed by atoms with Crippen molar-refractivity contribution in [3.63, 3.8) is 0 Å². The molecule has 2 aromatic heterocycles. The molecule has 0 aliphatic heterocycles. The van der Waals surface area contributed by atoms with Gasteiger partial charge in [-0.25, -0.2) is 4.79 Å². The molecule has 128 valence electrons. The van der Waals surface area contributed by atoms with Crippen molar-refractivity contribution in [1.82, 2.24) is 4.98 Å². The van der Waals surface area contributed by atoms with Crippen LogP contribution in [0.3, 0.4) is 0 Å². The lowest BCUT2D eigenvalue weighted by atomic mass is 10.1. The molecule has 24 heavy (non-hydrogen) atoms. The summed E-state index contributed by atoms with van der Waals surface area (Å²) in [5.41, 5.74) is 3.51. The molecule has 0 aliphatic rings. The number of ketones is 1. The van der Waals surface area contributed by atoms with Gasteiger partial charge in [0, 0.05) is 17.8 Å². The SMILES string of the molecule is CCCc1cc[n+](CC(=O)c2[nH]c(C)c(C(=O)OCC)c2C)cc1. The monoisotopic (exact) mass is 329 g/mol. The molecule has 0 amide bonds. The van der Waals surface area contributed by atoms with Crippen molar-refractivity contribution < 1.29 is 18.9 Å². The van der Waals surface area contributed by atoms with Gasteiger partial charge in [-0.05, 0) is 38.3 Å². The maximum atomic E-state index is 12.6. The van der Waals surface area contributed by atoms with E-state index in [9.17, 15) is 9.59 Å². The molecule has 0 unspecified atom stereocenters. The van der Waals surface area contributed by atoms with Gasteiger partial charge in [0.1, 0.15) is 0 Å². The van der Waals surface area contributed by atoms with E-state index in [2.05, 4.69) is 11.9 Å². The van der Waals surface area contributed by atoms with E-state index in [4.69, 9.17) is 4.74 Å². The minimum Gasteiger partial charge on any atom is -0.462 e. The lowest BCUT2D eigenvalue weighted by molar-refractivity contribution is -0.683. The topological polar surface area (TPSA) is 63.0 Å². The average Bonchev–Trinajstić information content (AvgIpc) is 2.84. The van der Waals surface area contributed by atoms with Gasteiger partial charge in [-0.3, -0.25) is 4.79 Å². The summed E-state index contributed by atoms with van der Waals surface area (Å²) in [6.07, 6.45) is 5.97. The summed E-state index contributed by atoms with van der Waals surface area (Å²) >= 11 is 0. The average molecular weight is 329 g/mol. The molecule has 0 aliphatic carbocycles. The van der Waals surface area contributed by atoms with Gasteiger partial charge in [-0.1, -0.05) is 13.3 Å². The zero-order chi connectivity index (χ0) is 17.7. The lowest BCUT2D eigenvalue weighted by Gasteiger charge is -2.02. The van der Waals surface area contributed by atoms with Crippen molar-refractivity contribution in [2.45, 2.75) is 47.1 Å². The van der Waals surface area contributed by atoms with Crippen molar-refractivity contribution in [2.75, 3.05) is 6.61 Å². The molecule has 5 nitrogen and oxygen atoms in total. The summed E-state index contributed by atoms with van der Waals surface area (Å²) in [4.78, 5) is 27.6. The van der Waals surface area contributed by atoms with Crippen molar-refractivity contribution in [3.05, 3.63) is 52.6 Å². The van der Waals surface area contributed by atoms with Gasteiger partial charge < -0.3 is 9.72 Å². The molecular weight excluding hydrogens is 304 g/mol. The lowest BCUT2D eigenvalue weighted by Crippen LogP contribution is -2.37. The molecule has 2 rings (SSSR count). The van der Waals surface area contributed by atoms with Crippen molar-refractivity contribution in [3.8, 4) is 0 Å². The summed E-state index contributed by atoms with van der Waals surface area (Å²) in [6, 6.07) is 4.07. The fraction of sp³-hybridized carbons (Fsp3) is 0.421. The minimum absolute atomic E-state index is 0.0561. The quantitative estimate of drug-likeness (QED) is 0.482. The van der Waals surface area contributed by atoms with Crippen LogP contribution in [0, 0.1) is 13.8 Å². The molecule has 1 N–H and O–H groups in total. The number of Topliss-reactive ketones (excluding diaryl/α,β-unsaturated/α-hetero) is 1. The number of nitrogens with one attached hydrogen (secondary N) is 1. The minimum atomic E-state index is -0.389. The molecule has 0 spiro atoms. The second-order valence-corrected chi connectivity index (χ2v) is 5.90. The molecule has 2 aromatic rings. The highest BCUT2D eigenvalue weighted by molar-refractivity contribution is 6.00. The number of esters is 1. The Labute approximate surface area is 142 Å². The van der Waals surface area contributed by atoms with E-state index in [0.29, 0.717) is 29.1 Å². The van der Waals surface area contributed by atoms with E-state index in [1.807, 2.05) is 29.1 Å². The zero-order valence-corrected chi connectivity index (χ0v) is 14.8. The first kappa shape index (κ1) is 17.9. The van der Waals surface area contributed by atoms with Crippen LogP contribution in [0.4, 0.5) is 0 Å². The summed E-state index contributed by atoms with van der Waals surface area (Å²) in [5, 5.41) is 0. The van der Waals surface area contributed by atoms with E-state index < -0.39 is 0 Å². The first-order chi connectivity index (χ1) is 11.5. The Balaban J connectivity index is 2.18. The molecular formula is C19H25N2O3+. The number of aromatic nitrogens is 2. The van der Waals surface area contributed by atoms with Gasteiger partial charge in [0.2, 0.25) is 12.3 Å². The van der Waals surface area contributed by atoms with Gasteiger partial charge in [-0.2, -0.15) is 4.57 Å². The Morgan fingerprint density at radius 2 is 1.83 bits per heavy atom. The number of rotatable bonds is 7. The maximum Gasteiger partial charge on any atom is 0.340 e. The first-order valence-corrected chi connectivity index (χ1v) is 8.35. The van der Waals surface area contributed by atoms with Crippen LogP contribution in [0.15, 0.2) is 24.5 Å². The van der Waals surface area contributed by atoms with Gasteiger partial charge in [0.05, 0.1) is 17.9 Å². The van der Waals surface area contributed by atoms with Crippen molar-refractivity contribution >= 4 is 11.8 Å². The van der Waals surface area contributed by atoms with E-state index in [0.717, 1.165) is 12.8 Å². The number of pyridine rings is 1. The van der Waals surface area contributed by atoms with Crippen LogP contribution in [0.5, 0.6) is 0 Å². The van der Waals surface area contributed by atoms with Crippen LogP contribution in [0.2, 0.25) is 0 Å². The number of hydrogen-bond acceptors (Lipinski definition) is 3. The summed E-state index contributed by atoms with van der Waals surface area (Å²) in [5.74, 6) is -0.446. The van der Waals surface area contributed by atoms with Crippen molar-refractivity contribution in [2.24, 2.45) is 0 Å². The number of nitrogens with zero attached hydrogens (tertiary/aromatic N) is 1. The number of aromatic amines is 1. The number of aryl methyl sites for hydroxylation is 2. The number of ether oxygens (including phenoxy) is 1. The van der Waals surface area contributed by atoms with Gasteiger partial charge in [0.15, 0.2) is 12.4 Å². The Hall–Kier alpha value is -2.43. The molecule has 2 heterocycles. The second-order valence-electron chi connectivity index (χ2n) is 5.90. The van der Waals surface area contributed by atoms with Crippen LogP contribution in [0.25, 0.3) is 0 Å². The molecule has 0 atom stereocenters. The predicted molar refractivity (Wildman–Crippen MR) is 91.2 cm³/mol. The van der Waals surface area contributed by atoms with Gasteiger partial charge in [0.25, 0.3) is 0 Å². The Morgan fingerprint density at radius 3 is 2.42 bits per heavy atom. The number of H-pyrrole nitrogens is 1. The van der Waals surface area contributed by atoms with Crippen LogP contribution in [0.1, 0.15) is 57.9 Å². The molecule has 0 radical (unpaired) electrons. The third kappa shape index (κ3) is 3.91. The Bertz CT molecular complexity index is 730. The summed E-state index contributed by atoms with van der Waals surface area (Å²) in [7, 11) is 0. The number of hydrogen-bond donors (Lipinski definition) is 1. The summed E-state index contributed by atoms with van der Waals surface area (Å²) in [6.45, 7) is 8.00. The Morgan fingerprint density at radius 1 is 1.17 bits per heavy atom. The molecule has 5 heteroatoms. The molecule has 0 aromatic carbocycles. The number of carbonyl (C=O) groups is 2. The van der Waals surface area contributed by atoms with Crippen LogP contribution in [-0.4, -0.2) is 23.3 Å². The standard InChI is InChI=1S/C19H24N2O3/c1-5-7-15-8-10-21(11-9-15)12-16(22)18-13(3)17(14(4)20-18)19(23)24-6-2/h8-11H,5-7,12H2,1-4H3/p+1. The first-order valence-electron chi connectivity index (χ1n) is 8.35.